The Balaban J connectivity index is 1.58. The quantitative estimate of drug-likeness (QED) is 0.425. The van der Waals surface area contributed by atoms with Crippen LogP contribution in [0.15, 0.2) is 88.2 Å². The fourth-order valence-electron chi connectivity index (χ4n) is 3.59. The van der Waals surface area contributed by atoms with Gasteiger partial charge in [-0.15, -0.1) is 0 Å². The number of nitrogens with one attached hydrogen (secondary N) is 1. The summed E-state index contributed by atoms with van der Waals surface area (Å²) < 4.78 is 21.4. The number of carbonyl (C=O) groups excluding carboxylic acids is 1. The maximum atomic E-state index is 13.0. The first kappa shape index (κ1) is 20.9. The summed E-state index contributed by atoms with van der Waals surface area (Å²) in [5.74, 6) is -0.376. The number of carbonyl (C=O) groups is 1. The second-order valence-electron chi connectivity index (χ2n) is 7.07. The van der Waals surface area contributed by atoms with Crippen LogP contribution in [-0.2, 0) is 11.0 Å². The molecule has 6 heteroatoms. The number of benzene rings is 3. The predicted molar refractivity (Wildman–Crippen MR) is 126 cm³/mol. The van der Waals surface area contributed by atoms with E-state index in [-0.39, 0.29) is 5.76 Å². The highest BCUT2D eigenvalue weighted by Gasteiger charge is 2.18. The Morgan fingerprint density at radius 1 is 0.935 bits per heavy atom. The number of hydrogen-bond acceptors (Lipinski definition) is 4. The molecule has 4 rings (SSSR count). The summed E-state index contributed by atoms with van der Waals surface area (Å²) in [6.07, 6.45) is 0. The van der Waals surface area contributed by atoms with Gasteiger partial charge in [-0.3, -0.25) is 9.52 Å². The molecule has 1 atom stereocenters. The van der Waals surface area contributed by atoms with E-state index in [4.69, 9.17) is 4.42 Å². The van der Waals surface area contributed by atoms with Crippen molar-refractivity contribution in [2.45, 2.75) is 18.7 Å². The van der Waals surface area contributed by atoms with Gasteiger partial charge in [0.1, 0.15) is 5.58 Å². The summed E-state index contributed by atoms with van der Waals surface area (Å²) in [7, 11) is -1.73. The van der Waals surface area contributed by atoms with E-state index < -0.39 is 16.9 Å². The molecule has 0 aliphatic carbocycles. The molecule has 0 saturated heterocycles. The standard InChI is InChI=1S/C25H24N2O3S/c1-3-27(4-2)20-15-14-19-16-23(30-22(19)17-20)25(28)26-31(29)24-13-9-8-12-21(24)18-10-6-5-7-11-18/h5-17H,3-4H2,1-2H3,(H,26,28). The molecule has 0 saturated carbocycles. The first-order valence-corrected chi connectivity index (χ1v) is 11.4. The van der Waals surface area contributed by atoms with Crippen LogP contribution in [0.1, 0.15) is 24.4 Å². The molecule has 0 aliphatic heterocycles. The molecule has 1 aromatic heterocycles. The summed E-state index contributed by atoms with van der Waals surface area (Å²) in [5, 5.41) is 0.830. The Kier molecular flexibility index (Phi) is 6.18. The third-order valence-corrected chi connectivity index (χ3v) is 6.34. The molecular weight excluding hydrogens is 408 g/mol. The lowest BCUT2D eigenvalue weighted by Crippen LogP contribution is -2.25. The van der Waals surface area contributed by atoms with Crippen LogP contribution in [0.3, 0.4) is 0 Å². The highest BCUT2D eigenvalue weighted by molar-refractivity contribution is 7.83. The first-order valence-electron chi connectivity index (χ1n) is 10.3. The minimum atomic E-state index is -1.73. The molecule has 0 bridgehead atoms. The number of fused-ring (bicyclic) bond motifs is 1. The van der Waals surface area contributed by atoms with Gasteiger partial charge in [0.2, 0.25) is 0 Å². The van der Waals surface area contributed by atoms with Crippen molar-refractivity contribution in [1.29, 1.82) is 0 Å². The van der Waals surface area contributed by atoms with Gasteiger partial charge in [-0.05, 0) is 49.2 Å². The van der Waals surface area contributed by atoms with Crippen LogP contribution in [0, 0.1) is 0 Å². The third kappa shape index (κ3) is 4.39. The lowest BCUT2D eigenvalue weighted by atomic mass is 10.1. The Morgan fingerprint density at radius 3 is 2.39 bits per heavy atom. The molecule has 3 aromatic carbocycles. The molecule has 31 heavy (non-hydrogen) atoms. The number of anilines is 1. The van der Waals surface area contributed by atoms with E-state index in [9.17, 15) is 9.00 Å². The number of rotatable bonds is 7. The molecule has 1 unspecified atom stereocenters. The Bertz CT molecular complexity index is 1230. The van der Waals surface area contributed by atoms with Crippen LogP contribution >= 0.6 is 0 Å². The molecule has 1 N–H and O–H groups in total. The van der Waals surface area contributed by atoms with E-state index in [1.165, 1.54) is 0 Å². The molecule has 4 aromatic rings. The van der Waals surface area contributed by atoms with Crippen molar-refractivity contribution in [3.8, 4) is 11.1 Å². The maximum Gasteiger partial charge on any atom is 0.298 e. The van der Waals surface area contributed by atoms with Crippen molar-refractivity contribution >= 4 is 33.5 Å². The topological polar surface area (TPSA) is 62.6 Å². The van der Waals surface area contributed by atoms with Crippen molar-refractivity contribution < 1.29 is 13.4 Å². The molecular formula is C25H24N2O3S. The van der Waals surface area contributed by atoms with E-state index in [2.05, 4.69) is 23.5 Å². The van der Waals surface area contributed by atoms with Crippen LogP contribution in [0.5, 0.6) is 0 Å². The highest BCUT2D eigenvalue weighted by atomic mass is 32.2. The van der Waals surface area contributed by atoms with Gasteiger partial charge in [-0.1, -0.05) is 48.5 Å². The fourth-order valence-corrected chi connectivity index (χ4v) is 4.56. The lowest BCUT2D eigenvalue weighted by Gasteiger charge is -2.20. The highest BCUT2D eigenvalue weighted by Crippen LogP contribution is 2.27. The van der Waals surface area contributed by atoms with Gasteiger partial charge in [0, 0.05) is 30.2 Å². The molecule has 0 aliphatic rings. The zero-order valence-corrected chi connectivity index (χ0v) is 18.3. The van der Waals surface area contributed by atoms with Crippen LogP contribution in [0.25, 0.3) is 22.1 Å². The van der Waals surface area contributed by atoms with Crippen molar-refractivity contribution in [3.05, 3.63) is 84.6 Å². The van der Waals surface area contributed by atoms with E-state index in [1.807, 2.05) is 66.7 Å². The van der Waals surface area contributed by atoms with E-state index in [0.717, 1.165) is 35.3 Å². The van der Waals surface area contributed by atoms with Crippen molar-refractivity contribution in [1.82, 2.24) is 4.72 Å². The second-order valence-corrected chi connectivity index (χ2v) is 8.25. The Hall–Kier alpha value is -3.38. The summed E-state index contributed by atoms with van der Waals surface area (Å²) in [5.41, 5.74) is 3.42. The fraction of sp³-hybridized carbons (Fsp3) is 0.160. The summed E-state index contributed by atoms with van der Waals surface area (Å²) >= 11 is 0. The molecule has 0 spiro atoms. The maximum absolute atomic E-state index is 13.0. The molecule has 1 amide bonds. The van der Waals surface area contributed by atoms with Gasteiger partial charge in [0.05, 0.1) is 4.90 Å². The first-order chi connectivity index (χ1) is 15.1. The van der Waals surface area contributed by atoms with Crippen LogP contribution in [-0.4, -0.2) is 23.2 Å². The summed E-state index contributed by atoms with van der Waals surface area (Å²) in [6, 6.07) is 24.6. The normalized spacial score (nSPS) is 11.9. The Labute approximate surface area is 184 Å². The minimum absolute atomic E-state index is 0.136. The van der Waals surface area contributed by atoms with Crippen molar-refractivity contribution in [3.63, 3.8) is 0 Å². The van der Waals surface area contributed by atoms with Crippen LogP contribution in [0.2, 0.25) is 0 Å². The van der Waals surface area contributed by atoms with Gasteiger partial charge in [0.15, 0.2) is 16.7 Å². The summed E-state index contributed by atoms with van der Waals surface area (Å²) in [6.45, 7) is 5.96. The molecule has 0 fully saturated rings. The average molecular weight is 433 g/mol. The predicted octanol–water partition coefficient (Wildman–Crippen LogP) is 5.40. The average Bonchev–Trinajstić information content (AvgIpc) is 3.24. The smallest absolute Gasteiger partial charge is 0.298 e. The van der Waals surface area contributed by atoms with Gasteiger partial charge < -0.3 is 9.32 Å². The Morgan fingerprint density at radius 2 is 1.65 bits per heavy atom. The van der Waals surface area contributed by atoms with E-state index >= 15 is 0 Å². The molecule has 158 valence electrons. The SMILES string of the molecule is CCN(CC)c1ccc2cc(C(=O)NS(=O)c3ccccc3-c3ccccc3)oc2c1. The molecule has 0 radical (unpaired) electrons. The van der Waals surface area contributed by atoms with Gasteiger partial charge in [-0.25, -0.2) is 4.21 Å². The van der Waals surface area contributed by atoms with Crippen LogP contribution in [0.4, 0.5) is 5.69 Å². The number of amides is 1. The van der Waals surface area contributed by atoms with Gasteiger partial charge >= 0.3 is 0 Å². The second kappa shape index (κ2) is 9.18. The zero-order valence-electron chi connectivity index (χ0n) is 17.5. The summed E-state index contributed by atoms with van der Waals surface area (Å²) in [4.78, 5) is 15.5. The number of furan rings is 1. The van der Waals surface area contributed by atoms with Gasteiger partial charge in [-0.2, -0.15) is 0 Å². The lowest BCUT2D eigenvalue weighted by molar-refractivity contribution is 0.0958. The van der Waals surface area contributed by atoms with Crippen LogP contribution < -0.4 is 9.62 Å². The number of hydrogen-bond donors (Lipinski definition) is 1. The van der Waals surface area contributed by atoms with Crippen molar-refractivity contribution in [2.24, 2.45) is 0 Å². The number of nitrogens with zero attached hydrogens (tertiary/aromatic N) is 1. The van der Waals surface area contributed by atoms with E-state index in [1.54, 1.807) is 12.1 Å². The van der Waals surface area contributed by atoms with Gasteiger partial charge in [0.25, 0.3) is 5.91 Å². The monoisotopic (exact) mass is 432 g/mol. The largest absolute Gasteiger partial charge is 0.451 e. The zero-order chi connectivity index (χ0) is 21.8. The molecule has 1 heterocycles. The third-order valence-electron chi connectivity index (χ3n) is 5.21. The van der Waals surface area contributed by atoms with Crippen molar-refractivity contribution in [2.75, 3.05) is 18.0 Å². The van der Waals surface area contributed by atoms with E-state index in [0.29, 0.717) is 10.5 Å². The minimum Gasteiger partial charge on any atom is -0.451 e. The molecule has 5 nitrogen and oxygen atoms in total.